The monoisotopic (exact) mass is 294 g/mol. The Morgan fingerprint density at radius 1 is 1.00 bits per heavy atom. The van der Waals surface area contributed by atoms with Gasteiger partial charge in [-0.25, -0.2) is 13.2 Å². The molecule has 0 fully saturated rings. The number of anilines is 1. The highest BCUT2D eigenvalue weighted by atomic mass is 19.2. The van der Waals surface area contributed by atoms with E-state index in [1.54, 1.807) is 24.3 Å². The standard InChI is InChI=1S/C15H13F3N2O/c16-12-6-5-11(13(17)14(12)18)15(21)20-10-3-1-9(2-4-10)7-8-19/h1-6H,7-8,19H2,(H,20,21). The molecule has 2 aromatic carbocycles. The highest BCUT2D eigenvalue weighted by Crippen LogP contribution is 2.17. The van der Waals surface area contributed by atoms with Crippen molar-refractivity contribution in [1.82, 2.24) is 0 Å². The zero-order valence-corrected chi connectivity index (χ0v) is 11.0. The van der Waals surface area contributed by atoms with E-state index in [2.05, 4.69) is 5.32 Å². The Labute approximate surface area is 119 Å². The summed E-state index contributed by atoms with van der Waals surface area (Å²) in [5.41, 5.74) is 6.28. The molecule has 0 aliphatic carbocycles. The molecule has 110 valence electrons. The number of amides is 1. The third-order valence-corrected chi connectivity index (χ3v) is 2.92. The summed E-state index contributed by atoms with van der Waals surface area (Å²) in [7, 11) is 0. The third kappa shape index (κ3) is 3.41. The van der Waals surface area contributed by atoms with Crippen LogP contribution in [0.15, 0.2) is 36.4 Å². The third-order valence-electron chi connectivity index (χ3n) is 2.92. The number of halogens is 3. The number of rotatable bonds is 4. The van der Waals surface area contributed by atoms with Crippen LogP contribution in [0.1, 0.15) is 15.9 Å². The second kappa shape index (κ2) is 6.41. The molecular formula is C15H13F3N2O. The molecule has 6 heteroatoms. The Morgan fingerprint density at radius 3 is 2.29 bits per heavy atom. The van der Waals surface area contributed by atoms with E-state index < -0.39 is 28.9 Å². The molecule has 2 aromatic rings. The topological polar surface area (TPSA) is 55.1 Å². The van der Waals surface area contributed by atoms with E-state index in [0.717, 1.165) is 11.6 Å². The lowest BCUT2D eigenvalue weighted by Gasteiger charge is -2.08. The lowest BCUT2D eigenvalue weighted by Crippen LogP contribution is -2.15. The fourth-order valence-electron chi connectivity index (χ4n) is 1.82. The predicted molar refractivity (Wildman–Crippen MR) is 73.5 cm³/mol. The maximum atomic E-state index is 13.5. The first kappa shape index (κ1) is 15.1. The normalized spacial score (nSPS) is 10.5. The van der Waals surface area contributed by atoms with Crippen LogP contribution in [0.5, 0.6) is 0 Å². The van der Waals surface area contributed by atoms with Gasteiger partial charge >= 0.3 is 0 Å². The molecule has 0 aromatic heterocycles. The molecule has 3 N–H and O–H groups in total. The van der Waals surface area contributed by atoms with Gasteiger partial charge in [-0.2, -0.15) is 0 Å². The largest absolute Gasteiger partial charge is 0.330 e. The fourth-order valence-corrected chi connectivity index (χ4v) is 1.82. The van der Waals surface area contributed by atoms with Crippen molar-refractivity contribution in [2.75, 3.05) is 11.9 Å². The van der Waals surface area contributed by atoms with Gasteiger partial charge in [0.1, 0.15) is 0 Å². The Balaban J connectivity index is 2.16. The van der Waals surface area contributed by atoms with E-state index in [1.165, 1.54) is 0 Å². The molecule has 3 nitrogen and oxygen atoms in total. The van der Waals surface area contributed by atoms with Crippen molar-refractivity contribution >= 4 is 11.6 Å². The number of hydrogen-bond acceptors (Lipinski definition) is 2. The smallest absolute Gasteiger partial charge is 0.258 e. The van der Waals surface area contributed by atoms with Crippen LogP contribution >= 0.6 is 0 Å². The molecule has 0 saturated heterocycles. The zero-order chi connectivity index (χ0) is 15.4. The average molecular weight is 294 g/mol. The van der Waals surface area contributed by atoms with Gasteiger partial charge in [0.05, 0.1) is 5.56 Å². The minimum absolute atomic E-state index is 0.421. The van der Waals surface area contributed by atoms with Gasteiger partial charge in [0.2, 0.25) is 0 Å². The number of nitrogens with two attached hydrogens (primary N) is 1. The zero-order valence-electron chi connectivity index (χ0n) is 11.0. The van der Waals surface area contributed by atoms with E-state index in [-0.39, 0.29) is 0 Å². The second-order valence-electron chi connectivity index (χ2n) is 4.41. The van der Waals surface area contributed by atoms with Crippen LogP contribution in [0.3, 0.4) is 0 Å². The molecule has 0 bridgehead atoms. The summed E-state index contributed by atoms with van der Waals surface area (Å²) in [6, 6.07) is 8.39. The molecule has 0 unspecified atom stereocenters. The number of nitrogens with one attached hydrogen (secondary N) is 1. The van der Waals surface area contributed by atoms with Crippen molar-refractivity contribution in [3.63, 3.8) is 0 Å². The maximum absolute atomic E-state index is 13.5. The average Bonchev–Trinajstić information content (AvgIpc) is 2.47. The van der Waals surface area contributed by atoms with Gasteiger partial charge in [-0.05, 0) is 42.8 Å². The minimum atomic E-state index is -1.67. The van der Waals surface area contributed by atoms with Gasteiger partial charge in [0.25, 0.3) is 5.91 Å². The van der Waals surface area contributed by atoms with E-state index in [9.17, 15) is 18.0 Å². The summed E-state index contributed by atoms with van der Waals surface area (Å²) >= 11 is 0. The first-order valence-corrected chi connectivity index (χ1v) is 6.26. The molecule has 1 amide bonds. The summed E-state index contributed by atoms with van der Waals surface area (Å²) in [6.07, 6.45) is 0.700. The molecule has 0 heterocycles. The summed E-state index contributed by atoms with van der Waals surface area (Å²) in [5.74, 6) is -5.36. The van der Waals surface area contributed by atoms with E-state index in [0.29, 0.717) is 24.7 Å². The number of carbonyl (C=O) groups excluding carboxylic acids is 1. The van der Waals surface area contributed by atoms with Gasteiger partial charge in [-0.1, -0.05) is 12.1 Å². The van der Waals surface area contributed by atoms with Gasteiger partial charge in [0.15, 0.2) is 17.5 Å². The van der Waals surface area contributed by atoms with Crippen molar-refractivity contribution in [2.45, 2.75) is 6.42 Å². The Morgan fingerprint density at radius 2 is 1.67 bits per heavy atom. The second-order valence-corrected chi connectivity index (χ2v) is 4.41. The summed E-state index contributed by atoms with van der Waals surface area (Å²) < 4.78 is 39.4. The van der Waals surface area contributed by atoms with Gasteiger partial charge in [-0.3, -0.25) is 4.79 Å². The lowest BCUT2D eigenvalue weighted by molar-refractivity contribution is 0.102. The first-order valence-electron chi connectivity index (χ1n) is 6.26. The molecule has 0 aliphatic heterocycles. The highest BCUT2D eigenvalue weighted by molar-refractivity contribution is 6.04. The van der Waals surface area contributed by atoms with Crippen molar-refractivity contribution in [1.29, 1.82) is 0 Å². The summed E-state index contributed by atoms with van der Waals surface area (Å²) in [5, 5.41) is 2.42. The van der Waals surface area contributed by atoms with Crippen LogP contribution in [-0.4, -0.2) is 12.5 Å². The molecule has 0 aliphatic rings. The van der Waals surface area contributed by atoms with Crippen molar-refractivity contribution < 1.29 is 18.0 Å². The van der Waals surface area contributed by atoms with Crippen LogP contribution in [0.4, 0.5) is 18.9 Å². The van der Waals surface area contributed by atoms with E-state index >= 15 is 0 Å². The Kier molecular flexibility index (Phi) is 4.59. The summed E-state index contributed by atoms with van der Waals surface area (Å²) in [4.78, 5) is 11.8. The van der Waals surface area contributed by atoms with E-state index in [4.69, 9.17) is 5.73 Å². The van der Waals surface area contributed by atoms with Crippen molar-refractivity contribution in [3.8, 4) is 0 Å². The van der Waals surface area contributed by atoms with Crippen molar-refractivity contribution in [2.24, 2.45) is 5.73 Å². The molecule has 0 atom stereocenters. The number of carbonyl (C=O) groups is 1. The highest BCUT2D eigenvalue weighted by Gasteiger charge is 2.18. The molecule has 2 rings (SSSR count). The summed E-state index contributed by atoms with van der Waals surface area (Å²) in [6.45, 7) is 0.506. The van der Waals surface area contributed by atoms with Gasteiger partial charge in [0, 0.05) is 5.69 Å². The van der Waals surface area contributed by atoms with Gasteiger partial charge < -0.3 is 11.1 Å². The molecule has 0 radical (unpaired) electrons. The maximum Gasteiger partial charge on any atom is 0.258 e. The van der Waals surface area contributed by atoms with E-state index in [1.807, 2.05) is 0 Å². The first-order chi connectivity index (χ1) is 10.0. The number of hydrogen-bond donors (Lipinski definition) is 2. The van der Waals surface area contributed by atoms with Crippen molar-refractivity contribution in [3.05, 3.63) is 65.0 Å². The van der Waals surface area contributed by atoms with Crippen LogP contribution in [0.2, 0.25) is 0 Å². The molecule has 0 spiro atoms. The van der Waals surface area contributed by atoms with Crippen LogP contribution in [-0.2, 0) is 6.42 Å². The van der Waals surface area contributed by atoms with Crippen LogP contribution < -0.4 is 11.1 Å². The Hall–Kier alpha value is -2.34. The van der Waals surface area contributed by atoms with Crippen LogP contribution in [0.25, 0.3) is 0 Å². The Bertz CT molecular complexity index is 657. The lowest BCUT2D eigenvalue weighted by atomic mass is 10.1. The molecule has 0 saturated carbocycles. The SMILES string of the molecule is NCCc1ccc(NC(=O)c2ccc(F)c(F)c2F)cc1. The minimum Gasteiger partial charge on any atom is -0.330 e. The molecule has 21 heavy (non-hydrogen) atoms. The fraction of sp³-hybridized carbons (Fsp3) is 0.133. The quantitative estimate of drug-likeness (QED) is 0.852. The predicted octanol–water partition coefficient (Wildman–Crippen LogP) is 2.86. The number of benzene rings is 2. The van der Waals surface area contributed by atoms with Gasteiger partial charge in [-0.15, -0.1) is 0 Å². The molecular weight excluding hydrogens is 281 g/mol. The van der Waals surface area contributed by atoms with Crippen LogP contribution in [0, 0.1) is 17.5 Å².